The Morgan fingerprint density at radius 2 is 1.70 bits per heavy atom. The molecular formula is C18H19ClN4. The van der Waals surface area contributed by atoms with E-state index >= 15 is 0 Å². The first kappa shape index (κ1) is 15.7. The number of para-hydroxylation sites is 1. The zero-order valence-corrected chi connectivity index (χ0v) is 13.5. The van der Waals surface area contributed by atoms with Crippen LogP contribution in [0.2, 0.25) is 0 Å². The number of nitrogens with two attached hydrogens (primary N) is 1. The number of nitrogens with zero attached hydrogens (tertiary/aromatic N) is 3. The van der Waals surface area contributed by atoms with E-state index in [0.29, 0.717) is 0 Å². The zero-order chi connectivity index (χ0) is 14.9. The van der Waals surface area contributed by atoms with Gasteiger partial charge in [-0.1, -0.05) is 48.5 Å². The fourth-order valence-corrected chi connectivity index (χ4v) is 2.99. The van der Waals surface area contributed by atoms with Gasteiger partial charge in [-0.25, -0.2) is 9.97 Å². The summed E-state index contributed by atoms with van der Waals surface area (Å²) in [5, 5.41) is 1.08. The van der Waals surface area contributed by atoms with E-state index in [1.165, 1.54) is 0 Å². The summed E-state index contributed by atoms with van der Waals surface area (Å²) in [5.74, 6) is 0.783. The summed E-state index contributed by atoms with van der Waals surface area (Å²) in [5.41, 5.74) is 9.11. The summed E-state index contributed by atoms with van der Waals surface area (Å²) in [7, 11) is 0. The van der Waals surface area contributed by atoms with Gasteiger partial charge in [0.05, 0.1) is 11.2 Å². The number of hydrogen-bond acceptors (Lipinski definition) is 4. The van der Waals surface area contributed by atoms with Gasteiger partial charge in [0.2, 0.25) is 5.95 Å². The molecule has 2 N–H and O–H groups in total. The molecule has 0 aliphatic carbocycles. The molecule has 4 nitrogen and oxygen atoms in total. The molecule has 1 fully saturated rings. The highest BCUT2D eigenvalue weighted by Gasteiger charge is 2.22. The largest absolute Gasteiger partial charge is 0.339 e. The third-order valence-electron chi connectivity index (χ3n) is 4.15. The normalized spacial score (nSPS) is 17.3. The highest BCUT2D eigenvalue weighted by molar-refractivity contribution is 5.93. The van der Waals surface area contributed by atoms with Crippen LogP contribution in [0.25, 0.3) is 22.2 Å². The lowest BCUT2D eigenvalue weighted by Crippen LogP contribution is -2.27. The molecule has 1 aromatic heterocycles. The van der Waals surface area contributed by atoms with Crippen LogP contribution in [-0.2, 0) is 0 Å². The van der Waals surface area contributed by atoms with Crippen molar-refractivity contribution in [3.05, 3.63) is 54.6 Å². The maximum Gasteiger partial charge on any atom is 0.226 e. The Labute approximate surface area is 141 Å². The summed E-state index contributed by atoms with van der Waals surface area (Å²) >= 11 is 0. The van der Waals surface area contributed by atoms with Gasteiger partial charge in [0, 0.05) is 30.1 Å². The molecule has 23 heavy (non-hydrogen) atoms. The van der Waals surface area contributed by atoms with Gasteiger partial charge in [-0.3, -0.25) is 0 Å². The molecule has 3 aromatic rings. The molecular weight excluding hydrogens is 308 g/mol. The zero-order valence-electron chi connectivity index (χ0n) is 12.7. The third kappa shape index (κ3) is 3.00. The number of hydrogen-bond donors (Lipinski definition) is 1. The van der Waals surface area contributed by atoms with E-state index in [9.17, 15) is 0 Å². The van der Waals surface area contributed by atoms with Crippen molar-refractivity contribution in [1.29, 1.82) is 0 Å². The van der Waals surface area contributed by atoms with E-state index in [0.717, 1.165) is 47.6 Å². The molecule has 2 aromatic carbocycles. The van der Waals surface area contributed by atoms with Crippen molar-refractivity contribution in [3.63, 3.8) is 0 Å². The minimum absolute atomic E-state index is 0. The monoisotopic (exact) mass is 326 g/mol. The van der Waals surface area contributed by atoms with Crippen molar-refractivity contribution in [2.45, 2.75) is 12.5 Å². The van der Waals surface area contributed by atoms with Gasteiger partial charge >= 0.3 is 0 Å². The van der Waals surface area contributed by atoms with Crippen molar-refractivity contribution in [3.8, 4) is 11.3 Å². The lowest BCUT2D eigenvalue weighted by molar-refractivity contribution is 0.750. The quantitative estimate of drug-likeness (QED) is 0.785. The van der Waals surface area contributed by atoms with E-state index in [1.807, 2.05) is 36.4 Å². The van der Waals surface area contributed by atoms with Crippen LogP contribution >= 0.6 is 12.4 Å². The smallest absolute Gasteiger partial charge is 0.226 e. The number of benzene rings is 2. The number of anilines is 1. The van der Waals surface area contributed by atoms with Crippen molar-refractivity contribution in [2.24, 2.45) is 5.73 Å². The van der Waals surface area contributed by atoms with Crippen LogP contribution in [0.15, 0.2) is 54.6 Å². The van der Waals surface area contributed by atoms with Gasteiger partial charge in [-0.05, 0) is 12.5 Å². The molecule has 2 heterocycles. The van der Waals surface area contributed by atoms with Crippen LogP contribution in [0.3, 0.4) is 0 Å². The van der Waals surface area contributed by atoms with Gasteiger partial charge in [0.15, 0.2) is 0 Å². The van der Waals surface area contributed by atoms with Crippen LogP contribution in [0.5, 0.6) is 0 Å². The highest BCUT2D eigenvalue weighted by Crippen LogP contribution is 2.28. The molecule has 0 radical (unpaired) electrons. The molecule has 0 amide bonds. The van der Waals surface area contributed by atoms with Gasteiger partial charge in [0.25, 0.3) is 0 Å². The van der Waals surface area contributed by atoms with Crippen LogP contribution in [0.4, 0.5) is 5.95 Å². The van der Waals surface area contributed by atoms with E-state index in [4.69, 9.17) is 15.7 Å². The number of halogens is 1. The molecule has 118 valence electrons. The first-order valence-electron chi connectivity index (χ1n) is 7.64. The van der Waals surface area contributed by atoms with E-state index in [1.54, 1.807) is 0 Å². The fourth-order valence-electron chi connectivity index (χ4n) is 2.99. The standard InChI is InChI=1S/C18H18N4.ClH/c19-14-10-11-22(12-14)18-20-16-9-5-4-8-15(16)17(21-18)13-6-2-1-3-7-13;/h1-9,14H,10-12,19H2;1H/t14-;/m1./s1. The van der Waals surface area contributed by atoms with Crippen molar-refractivity contribution >= 4 is 29.3 Å². The van der Waals surface area contributed by atoms with Gasteiger partial charge < -0.3 is 10.6 Å². The Morgan fingerprint density at radius 3 is 2.43 bits per heavy atom. The highest BCUT2D eigenvalue weighted by atomic mass is 35.5. The molecule has 1 atom stereocenters. The average Bonchev–Trinajstić information content (AvgIpc) is 3.01. The summed E-state index contributed by atoms with van der Waals surface area (Å²) < 4.78 is 0. The third-order valence-corrected chi connectivity index (χ3v) is 4.15. The molecule has 0 bridgehead atoms. The molecule has 1 aliphatic heterocycles. The second-order valence-corrected chi connectivity index (χ2v) is 5.75. The minimum atomic E-state index is 0. The summed E-state index contributed by atoms with van der Waals surface area (Å²) in [4.78, 5) is 11.8. The Morgan fingerprint density at radius 1 is 0.957 bits per heavy atom. The summed E-state index contributed by atoms with van der Waals surface area (Å²) in [6.45, 7) is 1.75. The second-order valence-electron chi connectivity index (χ2n) is 5.75. The van der Waals surface area contributed by atoms with Gasteiger partial charge in [-0.15, -0.1) is 12.4 Å². The second kappa shape index (κ2) is 6.52. The summed E-state index contributed by atoms with van der Waals surface area (Å²) in [6.07, 6.45) is 0.997. The maximum absolute atomic E-state index is 6.03. The van der Waals surface area contributed by atoms with E-state index < -0.39 is 0 Å². The minimum Gasteiger partial charge on any atom is -0.339 e. The van der Waals surface area contributed by atoms with Crippen molar-refractivity contribution in [2.75, 3.05) is 18.0 Å². The Hall–Kier alpha value is -2.17. The topological polar surface area (TPSA) is 55.0 Å². The predicted molar refractivity (Wildman–Crippen MR) is 97.0 cm³/mol. The molecule has 0 spiro atoms. The average molecular weight is 327 g/mol. The lowest BCUT2D eigenvalue weighted by atomic mass is 10.1. The summed E-state index contributed by atoms with van der Waals surface area (Å²) in [6, 6.07) is 18.7. The number of aromatic nitrogens is 2. The van der Waals surface area contributed by atoms with Crippen LogP contribution in [0.1, 0.15) is 6.42 Å². The number of rotatable bonds is 2. The Balaban J connectivity index is 0.00000156. The molecule has 1 saturated heterocycles. The number of fused-ring (bicyclic) bond motifs is 1. The van der Waals surface area contributed by atoms with Gasteiger partial charge in [0.1, 0.15) is 0 Å². The van der Waals surface area contributed by atoms with Crippen molar-refractivity contribution in [1.82, 2.24) is 9.97 Å². The fraction of sp³-hybridized carbons (Fsp3) is 0.222. The van der Waals surface area contributed by atoms with Crippen LogP contribution < -0.4 is 10.6 Å². The molecule has 1 aliphatic rings. The van der Waals surface area contributed by atoms with E-state index in [2.05, 4.69) is 23.1 Å². The van der Waals surface area contributed by atoms with Crippen LogP contribution in [0, 0.1) is 0 Å². The molecule has 0 saturated carbocycles. The first-order chi connectivity index (χ1) is 10.8. The lowest BCUT2D eigenvalue weighted by Gasteiger charge is -2.17. The predicted octanol–water partition coefficient (Wildman–Crippen LogP) is 3.26. The van der Waals surface area contributed by atoms with Crippen LogP contribution in [-0.4, -0.2) is 29.1 Å². The molecule has 0 unspecified atom stereocenters. The van der Waals surface area contributed by atoms with E-state index in [-0.39, 0.29) is 18.4 Å². The first-order valence-corrected chi connectivity index (χ1v) is 7.64. The van der Waals surface area contributed by atoms with Crippen molar-refractivity contribution < 1.29 is 0 Å². The Kier molecular flexibility index (Phi) is 4.46. The Bertz CT molecular complexity index is 806. The SMILES string of the molecule is Cl.N[C@@H]1CCN(c2nc(-c3ccccc3)c3ccccc3n2)C1. The maximum atomic E-state index is 6.03. The molecule has 4 rings (SSSR count). The molecule has 5 heteroatoms. The van der Waals surface area contributed by atoms with Gasteiger partial charge in [-0.2, -0.15) is 0 Å².